The lowest BCUT2D eigenvalue weighted by atomic mass is 10.1. The van der Waals surface area contributed by atoms with Crippen LogP contribution in [0, 0.1) is 0 Å². The van der Waals surface area contributed by atoms with Crippen molar-refractivity contribution in [3.8, 4) is 0 Å². The molecule has 1 aliphatic heterocycles. The predicted molar refractivity (Wildman–Crippen MR) is 83.4 cm³/mol. The van der Waals surface area contributed by atoms with Gasteiger partial charge in [0.25, 0.3) is 5.91 Å². The summed E-state index contributed by atoms with van der Waals surface area (Å²) in [6.45, 7) is 3.93. The number of rotatable bonds is 2. The van der Waals surface area contributed by atoms with E-state index in [2.05, 4.69) is 22.5 Å². The van der Waals surface area contributed by atoms with E-state index in [1.54, 1.807) is 30.3 Å². The monoisotopic (exact) mass is 343 g/mol. The Morgan fingerprint density at radius 2 is 1.81 bits per heavy atom. The molecule has 0 saturated heterocycles. The molecule has 0 fully saturated rings. The van der Waals surface area contributed by atoms with E-state index < -0.39 is 5.97 Å². The van der Waals surface area contributed by atoms with Crippen LogP contribution in [0.4, 0.5) is 5.69 Å². The SMILES string of the molecule is C=C1c2ccccc2C(=O)N1c1cc(Br)ccc1C(=O)O. The van der Waals surface area contributed by atoms with Crippen LogP contribution in [0.1, 0.15) is 26.3 Å². The molecule has 2 aromatic rings. The van der Waals surface area contributed by atoms with Crippen molar-refractivity contribution in [1.29, 1.82) is 0 Å². The Kier molecular flexibility index (Phi) is 3.14. The summed E-state index contributed by atoms with van der Waals surface area (Å²) in [5.41, 5.74) is 2.09. The third-order valence-electron chi connectivity index (χ3n) is 3.37. The number of hydrogen-bond donors (Lipinski definition) is 1. The molecule has 0 radical (unpaired) electrons. The first-order valence-corrected chi connectivity index (χ1v) is 6.95. The highest BCUT2D eigenvalue weighted by atomic mass is 79.9. The molecule has 1 N–H and O–H groups in total. The molecule has 0 aromatic heterocycles. The topological polar surface area (TPSA) is 57.6 Å². The van der Waals surface area contributed by atoms with Crippen LogP contribution in [0.25, 0.3) is 5.70 Å². The number of carbonyl (C=O) groups is 2. The first-order chi connectivity index (χ1) is 10.0. The summed E-state index contributed by atoms with van der Waals surface area (Å²) < 4.78 is 0.694. The second kappa shape index (κ2) is 4.86. The second-order valence-corrected chi connectivity index (χ2v) is 5.52. The van der Waals surface area contributed by atoms with Gasteiger partial charge in [-0.25, -0.2) is 4.79 Å². The van der Waals surface area contributed by atoms with E-state index in [0.717, 1.165) is 5.56 Å². The molecule has 0 saturated carbocycles. The average molecular weight is 344 g/mol. The highest BCUT2D eigenvalue weighted by molar-refractivity contribution is 9.10. The fourth-order valence-electron chi connectivity index (χ4n) is 2.41. The number of carboxylic acid groups (broad SMARTS) is 1. The molecular weight excluding hydrogens is 334 g/mol. The minimum absolute atomic E-state index is 0.0560. The zero-order valence-corrected chi connectivity index (χ0v) is 12.4. The zero-order chi connectivity index (χ0) is 15.1. The molecule has 0 aliphatic carbocycles. The Hall–Kier alpha value is -2.40. The summed E-state index contributed by atoms with van der Waals surface area (Å²) in [6.07, 6.45) is 0. The first kappa shape index (κ1) is 13.6. The molecule has 5 heteroatoms. The number of carboxylic acids is 1. The number of hydrogen-bond acceptors (Lipinski definition) is 2. The van der Waals surface area contributed by atoms with Gasteiger partial charge in [0.15, 0.2) is 0 Å². The summed E-state index contributed by atoms with van der Waals surface area (Å²) in [5.74, 6) is -1.36. The maximum absolute atomic E-state index is 12.6. The molecular formula is C16H10BrNO3. The van der Waals surface area contributed by atoms with E-state index >= 15 is 0 Å². The number of carbonyl (C=O) groups excluding carboxylic acids is 1. The van der Waals surface area contributed by atoms with Gasteiger partial charge in [0.05, 0.1) is 16.9 Å². The first-order valence-electron chi connectivity index (χ1n) is 6.16. The normalized spacial score (nSPS) is 13.5. The molecule has 1 amide bonds. The minimum Gasteiger partial charge on any atom is -0.478 e. The van der Waals surface area contributed by atoms with Crippen LogP contribution < -0.4 is 4.90 Å². The summed E-state index contributed by atoms with van der Waals surface area (Å²) in [4.78, 5) is 25.3. The van der Waals surface area contributed by atoms with Crippen molar-refractivity contribution in [2.24, 2.45) is 0 Å². The number of aromatic carboxylic acids is 1. The molecule has 1 aliphatic rings. The van der Waals surface area contributed by atoms with E-state index in [-0.39, 0.29) is 11.5 Å². The van der Waals surface area contributed by atoms with Crippen molar-refractivity contribution in [2.75, 3.05) is 4.90 Å². The summed E-state index contributed by atoms with van der Waals surface area (Å²) in [5, 5.41) is 9.32. The van der Waals surface area contributed by atoms with Gasteiger partial charge in [0.2, 0.25) is 0 Å². The lowest BCUT2D eigenvalue weighted by Crippen LogP contribution is -2.24. The summed E-state index contributed by atoms with van der Waals surface area (Å²) in [6, 6.07) is 11.8. The highest BCUT2D eigenvalue weighted by Crippen LogP contribution is 2.38. The van der Waals surface area contributed by atoms with E-state index in [1.165, 1.54) is 11.0 Å². The zero-order valence-electron chi connectivity index (χ0n) is 10.8. The van der Waals surface area contributed by atoms with Crippen molar-refractivity contribution in [1.82, 2.24) is 0 Å². The van der Waals surface area contributed by atoms with Gasteiger partial charge >= 0.3 is 5.97 Å². The average Bonchev–Trinajstić information content (AvgIpc) is 2.71. The minimum atomic E-state index is -1.09. The Morgan fingerprint density at radius 3 is 2.43 bits per heavy atom. The maximum atomic E-state index is 12.6. The maximum Gasteiger partial charge on any atom is 0.337 e. The predicted octanol–water partition coefficient (Wildman–Crippen LogP) is 3.78. The molecule has 0 atom stereocenters. The van der Waals surface area contributed by atoms with Crippen molar-refractivity contribution >= 4 is 39.2 Å². The van der Waals surface area contributed by atoms with Gasteiger partial charge < -0.3 is 5.11 Å². The van der Waals surface area contributed by atoms with Crippen LogP contribution in [-0.4, -0.2) is 17.0 Å². The number of fused-ring (bicyclic) bond motifs is 1. The molecule has 3 rings (SSSR count). The van der Waals surface area contributed by atoms with Gasteiger partial charge in [-0.2, -0.15) is 0 Å². The number of anilines is 1. The third-order valence-corrected chi connectivity index (χ3v) is 3.87. The number of halogens is 1. The lowest BCUT2D eigenvalue weighted by Gasteiger charge is -2.20. The smallest absolute Gasteiger partial charge is 0.337 e. The Bertz CT molecular complexity index is 763. The van der Waals surface area contributed by atoms with Gasteiger partial charge in [-0.15, -0.1) is 0 Å². The Balaban J connectivity index is 2.20. The molecule has 1 heterocycles. The Labute approximate surface area is 129 Å². The van der Waals surface area contributed by atoms with Crippen LogP contribution in [0.5, 0.6) is 0 Å². The van der Waals surface area contributed by atoms with Gasteiger partial charge in [0, 0.05) is 15.6 Å². The molecule has 2 aromatic carbocycles. The van der Waals surface area contributed by atoms with Crippen molar-refractivity contribution < 1.29 is 14.7 Å². The summed E-state index contributed by atoms with van der Waals surface area (Å²) in [7, 11) is 0. The van der Waals surface area contributed by atoms with Crippen molar-refractivity contribution in [3.05, 3.63) is 70.2 Å². The van der Waals surface area contributed by atoms with Crippen LogP contribution in [0.2, 0.25) is 0 Å². The molecule has 21 heavy (non-hydrogen) atoms. The van der Waals surface area contributed by atoms with Crippen LogP contribution in [0.15, 0.2) is 53.5 Å². The van der Waals surface area contributed by atoms with Gasteiger partial charge in [-0.1, -0.05) is 40.7 Å². The quantitative estimate of drug-likeness (QED) is 0.902. The van der Waals surface area contributed by atoms with Crippen molar-refractivity contribution in [2.45, 2.75) is 0 Å². The number of benzene rings is 2. The summed E-state index contributed by atoms with van der Waals surface area (Å²) >= 11 is 3.31. The van der Waals surface area contributed by atoms with E-state index in [4.69, 9.17) is 0 Å². The fraction of sp³-hybridized carbons (Fsp3) is 0. The molecule has 104 valence electrons. The lowest BCUT2D eigenvalue weighted by molar-refractivity contribution is 0.0698. The molecule has 0 spiro atoms. The van der Waals surface area contributed by atoms with E-state index in [1.807, 2.05) is 6.07 Å². The molecule has 4 nitrogen and oxygen atoms in total. The molecule has 0 bridgehead atoms. The van der Waals surface area contributed by atoms with E-state index in [0.29, 0.717) is 21.4 Å². The van der Waals surface area contributed by atoms with Crippen molar-refractivity contribution in [3.63, 3.8) is 0 Å². The Morgan fingerprint density at radius 1 is 1.14 bits per heavy atom. The second-order valence-electron chi connectivity index (χ2n) is 4.60. The van der Waals surface area contributed by atoms with E-state index in [9.17, 15) is 14.7 Å². The highest BCUT2D eigenvalue weighted by Gasteiger charge is 2.34. The fourth-order valence-corrected chi connectivity index (χ4v) is 2.76. The van der Waals surface area contributed by atoms with Crippen LogP contribution in [0.3, 0.4) is 0 Å². The van der Waals surface area contributed by atoms with Gasteiger partial charge in [-0.3, -0.25) is 9.69 Å². The number of nitrogens with zero attached hydrogens (tertiary/aromatic N) is 1. The largest absolute Gasteiger partial charge is 0.478 e. The van der Waals surface area contributed by atoms with Crippen LogP contribution >= 0.6 is 15.9 Å². The van der Waals surface area contributed by atoms with Gasteiger partial charge in [0.1, 0.15) is 0 Å². The third kappa shape index (κ3) is 2.06. The standard InChI is InChI=1S/C16H10BrNO3/c1-9-11-4-2-3-5-12(11)15(19)18(9)14-8-10(17)6-7-13(14)16(20)21/h2-8H,1H2,(H,20,21). The van der Waals surface area contributed by atoms with Gasteiger partial charge in [-0.05, 0) is 24.3 Å². The number of amides is 1. The molecule has 0 unspecified atom stereocenters. The van der Waals surface area contributed by atoms with Crippen LogP contribution in [-0.2, 0) is 0 Å².